The number of nitrogens with zero attached hydrogens (tertiary/aromatic N) is 3. The monoisotopic (exact) mass is 564 g/mol. The standard InChI is InChI=1S/C24H29ClN6O4S2/c1-30-9-7-17-19(12-30)37-24(29-17)22(34)28-18-11-31(20(32)13-35-2)10-8-16(18)27-21(33)23(36)26-15-5-3-14(25)4-6-15/h3-6,16,18H,7-13H2,1-2H3,(H,26,36)(H,27,33)(H,28,34). The summed E-state index contributed by atoms with van der Waals surface area (Å²) in [4.78, 5) is 48.0. The van der Waals surface area contributed by atoms with E-state index in [0.717, 1.165) is 30.1 Å². The molecule has 13 heteroatoms. The number of nitrogens with one attached hydrogen (secondary N) is 3. The highest BCUT2D eigenvalue weighted by molar-refractivity contribution is 7.82. The maximum Gasteiger partial charge on any atom is 0.280 e. The summed E-state index contributed by atoms with van der Waals surface area (Å²) in [6.45, 7) is 2.24. The lowest BCUT2D eigenvalue weighted by Crippen LogP contribution is -2.62. The number of piperidine rings is 1. The summed E-state index contributed by atoms with van der Waals surface area (Å²) in [7, 11) is 3.50. The van der Waals surface area contributed by atoms with Crippen LogP contribution in [0.3, 0.4) is 0 Å². The number of ether oxygens (including phenoxy) is 1. The first kappa shape index (κ1) is 27.4. The van der Waals surface area contributed by atoms with Gasteiger partial charge in [0.1, 0.15) is 6.61 Å². The van der Waals surface area contributed by atoms with Crippen LogP contribution in [0.1, 0.15) is 26.8 Å². The number of carbonyl (C=O) groups excluding carboxylic acids is 3. The van der Waals surface area contributed by atoms with Gasteiger partial charge in [-0.05, 0) is 37.7 Å². The Hall–Kier alpha value is -2.64. The summed E-state index contributed by atoms with van der Waals surface area (Å²) in [6.07, 6.45) is 1.24. The van der Waals surface area contributed by atoms with Crippen LogP contribution >= 0.6 is 35.2 Å². The zero-order valence-electron chi connectivity index (χ0n) is 20.6. The Labute approximate surface area is 229 Å². The highest BCUT2D eigenvalue weighted by Crippen LogP contribution is 2.25. The van der Waals surface area contributed by atoms with Crippen LogP contribution < -0.4 is 16.0 Å². The van der Waals surface area contributed by atoms with Crippen LogP contribution in [0.25, 0.3) is 0 Å². The van der Waals surface area contributed by atoms with Crippen molar-refractivity contribution in [3.05, 3.63) is 44.9 Å². The lowest BCUT2D eigenvalue weighted by molar-refractivity contribution is -0.136. The molecule has 37 heavy (non-hydrogen) atoms. The van der Waals surface area contributed by atoms with Gasteiger partial charge in [-0.3, -0.25) is 14.4 Å². The second kappa shape index (κ2) is 12.3. The molecule has 1 aromatic heterocycles. The van der Waals surface area contributed by atoms with Crippen molar-refractivity contribution in [3.63, 3.8) is 0 Å². The Morgan fingerprint density at radius 1 is 1.19 bits per heavy atom. The summed E-state index contributed by atoms with van der Waals surface area (Å²) < 4.78 is 4.99. The van der Waals surface area contributed by atoms with Gasteiger partial charge in [-0.15, -0.1) is 11.3 Å². The maximum atomic E-state index is 13.2. The maximum absolute atomic E-state index is 13.2. The van der Waals surface area contributed by atoms with Gasteiger partial charge in [0.25, 0.3) is 11.8 Å². The van der Waals surface area contributed by atoms with Gasteiger partial charge < -0.3 is 30.5 Å². The van der Waals surface area contributed by atoms with E-state index in [4.69, 9.17) is 28.6 Å². The van der Waals surface area contributed by atoms with Crippen molar-refractivity contribution in [2.24, 2.45) is 0 Å². The third-order valence-electron chi connectivity index (χ3n) is 6.29. The second-order valence-electron chi connectivity index (χ2n) is 9.06. The van der Waals surface area contributed by atoms with Crippen molar-refractivity contribution < 1.29 is 19.1 Å². The van der Waals surface area contributed by atoms with E-state index in [9.17, 15) is 14.4 Å². The summed E-state index contributed by atoms with van der Waals surface area (Å²) >= 11 is 12.6. The molecule has 0 bridgehead atoms. The van der Waals surface area contributed by atoms with Gasteiger partial charge in [-0.25, -0.2) is 4.98 Å². The van der Waals surface area contributed by atoms with Gasteiger partial charge >= 0.3 is 0 Å². The van der Waals surface area contributed by atoms with Crippen LogP contribution in [-0.2, 0) is 27.3 Å². The van der Waals surface area contributed by atoms with Gasteiger partial charge in [0.05, 0.1) is 17.8 Å². The van der Waals surface area contributed by atoms with Crippen molar-refractivity contribution >= 4 is 63.6 Å². The summed E-state index contributed by atoms with van der Waals surface area (Å²) in [5.41, 5.74) is 1.59. The zero-order valence-corrected chi connectivity index (χ0v) is 23.0. The molecule has 2 aliphatic heterocycles. The van der Waals surface area contributed by atoms with E-state index >= 15 is 0 Å². The molecule has 4 rings (SSSR count). The molecule has 3 heterocycles. The third kappa shape index (κ3) is 7.02. The number of benzene rings is 1. The molecule has 3 N–H and O–H groups in total. The van der Waals surface area contributed by atoms with E-state index in [-0.39, 0.29) is 30.0 Å². The quantitative estimate of drug-likeness (QED) is 0.454. The fraction of sp³-hybridized carbons (Fsp3) is 0.458. The number of halogens is 1. The number of aromatic nitrogens is 1. The molecule has 0 radical (unpaired) electrons. The van der Waals surface area contributed by atoms with E-state index in [1.54, 1.807) is 29.2 Å². The van der Waals surface area contributed by atoms with Crippen LogP contribution in [0.5, 0.6) is 0 Å². The first-order chi connectivity index (χ1) is 17.7. The first-order valence-corrected chi connectivity index (χ1v) is 13.5. The van der Waals surface area contributed by atoms with Crippen molar-refractivity contribution in [2.45, 2.75) is 31.5 Å². The minimum atomic E-state index is -0.534. The molecule has 1 saturated heterocycles. The number of thiazole rings is 1. The lowest BCUT2D eigenvalue weighted by Gasteiger charge is -2.39. The largest absolute Gasteiger partial charge is 0.375 e. The number of rotatable bonds is 6. The number of fused-ring (bicyclic) bond motifs is 1. The molecule has 1 aromatic carbocycles. The molecular weight excluding hydrogens is 536 g/mol. The smallest absolute Gasteiger partial charge is 0.280 e. The predicted octanol–water partition coefficient (Wildman–Crippen LogP) is 1.69. The fourth-order valence-corrected chi connectivity index (χ4v) is 5.71. The third-order valence-corrected chi connectivity index (χ3v) is 7.91. The van der Waals surface area contributed by atoms with E-state index in [0.29, 0.717) is 28.7 Å². The summed E-state index contributed by atoms with van der Waals surface area (Å²) in [5.74, 6) is -0.980. The molecule has 0 aliphatic carbocycles. The molecule has 2 atom stereocenters. The second-order valence-corrected chi connectivity index (χ2v) is 11.0. The highest BCUT2D eigenvalue weighted by Gasteiger charge is 2.35. The Bertz CT molecular complexity index is 1170. The number of hydrogen-bond donors (Lipinski definition) is 3. The average Bonchev–Trinajstić information content (AvgIpc) is 3.30. The minimum absolute atomic E-state index is 0.0120. The van der Waals surface area contributed by atoms with Crippen molar-refractivity contribution in [2.75, 3.05) is 45.7 Å². The number of anilines is 1. The Balaban J connectivity index is 1.44. The minimum Gasteiger partial charge on any atom is -0.375 e. The molecule has 2 aromatic rings. The molecule has 1 fully saturated rings. The fourth-order valence-electron chi connectivity index (χ4n) is 4.32. The lowest BCUT2D eigenvalue weighted by atomic mass is 9.98. The van der Waals surface area contributed by atoms with Gasteiger partial charge in [0.15, 0.2) is 10.00 Å². The molecule has 198 valence electrons. The SMILES string of the molecule is COCC(=O)N1CCC(NC(=O)C(=S)Nc2ccc(Cl)cc2)C(NC(=O)c2nc3c(s2)CN(C)CC3)C1. The van der Waals surface area contributed by atoms with Crippen LogP contribution in [0, 0.1) is 0 Å². The molecular formula is C24H29ClN6O4S2. The molecule has 10 nitrogen and oxygen atoms in total. The van der Waals surface area contributed by atoms with Crippen LogP contribution in [0.15, 0.2) is 24.3 Å². The summed E-state index contributed by atoms with van der Waals surface area (Å²) in [6, 6.07) is 5.85. The molecule has 0 saturated carbocycles. The normalized spacial score (nSPS) is 19.6. The van der Waals surface area contributed by atoms with Gasteiger partial charge in [-0.1, -0.05) is 23.8 Å². The number of methoxy groups -OCH3 is 1. The molecule has 0 spiro atoms. The molecule has 2 aliphatic rings. The van der Waals surface area contributed by atoms with E-state index in [1.807, 2.05) is 7.05 Å². The topological polar surface area (TPSA) is 116 Å². The van der Waals surface area contributed by atoms with Crippen LogP contribution in [0.2, 0.25) is 5.02 Å². The Kier molecular flexibility index (Phi) is 9.08. The molecule has 2 unspecified atom stereocenters. The van der Waals surface area contributed by atoms with E-state index in [2.05, 4.69) is 25.8 Å². The number of carbonyl (C=O) groups is 3. The van der Waals surface area contributed by atoms with Gasteiger partial charge in [-0.2, -0.15) is 0 Å². The van der Waals surface area contributed by atoms with E-state index < -0.39 is 18.0 Å². The van der Waals surface area contributed by atoms with Crippen molar-refractivity contribution in [3.8, 4) is 0 Å². The van der Waals surface area contributed by atoms with E-state index in [1.165, 1.54) is 18.4 Å². The van der Waals surface area contributed by atoms with Crippen molar-refractivity contribution in [1.29, 1.82) is 0 Å². The number of amides is 3. The van der Waals surface area contributed by atoms with Gasteiger partial charge in [0, 0.05) is 55.3 Å². The van der Waals surface area contributed by atoms with Crippen LogP contribution in [-0.4, -0.2) is 90.0 Å². The van der Waals surface area contributed by atoms with Crippen molar-refractivity contribution in [1.82, 2.24) is 25.4 Å². The average molecular weight is 565 g/mol. The summed E-state index contributed by atoms with van der Waals surface area (Å²) in [5, 5.41) is 9.77. The first-order valence-electron chi connectivity index (χ1n) is 11.9. The molecule has 3 amide bonds. The Morgan fingerprint density at radius 2 is 1.95 bits per heavy atom. The Morgan fingerprint density at radius 3 is 2.68 bits per heavy atom. The van der Waals surface area contributed by atoms with Gasteiger partial charge in [0.2, 0.25) is 5.91 Å². The van der Waals surface area contributed by atoms with Crippen LogP contribution in [0.4, 0.5) is 5.69 Å². The zero-order chi connectivity index (χ0) is 26.5. The highest BCUT2D eigenvalue weighted by atomic mass is 35.5. The number of likely N-dealkylation sites (N-methyl/N-ethyl adjacent to an activating group) is 1. The number of thiocarbonyl (C=S) groups is 1. The number of likely N-dealkylation sites (tertiary alicyclic amines) is 1. The number of hydrogen-bond acceptors (Lipinski definition) is 8. The predicted molar refractivity (Wildman–Crippen MR) is 146 cm³/mol.